The Balaban J connectivity index is 1.92. The number of hydrazine groups is 1. The van der Waals surface area contributed by atoms with Crippen molar-refractivity contribution in [2.75, 3.05) is 5.32 Å². The smallest absolute Gasteiger partial charge is 0.273 e. The summed E-state index contributed by atoms with van der Waals surface area (Å²) in [5.74, 6) is -0.756. The van der Waals surface area contributed by atoms with Gasteiger partial charge < -0.3 is 10.4 Å². The molecule has 0 aliphatic rings. The zero-order valence-corrected chi connectivity index (χ0v) is 14.3. The van der Waals surface area contributed by atoms with Gasteiger partial charge in [-0.3, -0.25) is 25.8 Å². The maximum Gasteiger partial charge on any atom is 0.273 e. The van der Waals surface area contributed by atoms with Crippen LogP contribution in [-0.2, 0) is 0 Å². The molecule has 8 nitrogen and oxygen atoms in total. The van der Waals surface area contributed by atoms with E-state index in [1.807, 2.05) is 0 Å². The quantitative estimate of drug-likeness (QED) is 0.349. The number of halogens is 1. The first-order valence-corrected chi connectivity index (χ1v) is 7.67. The van der Waals surface area contributed by atoms with Crippen molar-refractivity contribution in [1.29, 1.82) is 0 Å². The van der Waals surface area contributed by atoms with E-state index < -0.39 is 10.8 Å². The fourth-order valence-corrected chi connectivity index (χ4v) is 2.23. The zero-order chi connectivity index (χ0) is 17.7. The minimum absolute atomic E-state index is 0.0436. The SMILES string of the molecule is O=C(NNC(=S)Nc1ccc([N+](=O)[O-])cc1)c1cc(Br)ccc1O. The van der Waals surface area contributed by atoms with Crippen molar-refractivity contribution < 1.29 is 14.8 Å². The Morgan fingerprint density at radius 3 is 2.46 bits per heavy atom. The van der Waals surface area contributed by atoms with Crippen molar-refractivity contribution in [2.24, 2.45) is 0 Å². The Kier molecular flexibility index (Phi) is 5.66. The summed E-state index contributed by atoms with van der Waals surface area (Å²) in [6, 6.07) is 10.0. The average Bonchev–Trinajstić information content (AvgIpc) is 2.55. The number of hydrogen-bond donors (Lipinski definition) is 4. The van der Waals surface area contributed by atoms with E-state index in [-0.39, 0.29) is 22.1 Å². The molecule has 0 heterocycles. The third kappa shape index (κ3) is 4.64. The van der Waals surface area contributed by atoms with Crippen LogP contribution in [0.4, 0.5) is 11.4 Å². The summed E-state index contributed by atoms with van der Waals surface area (Å²) in [7, 11) is 0. The van der Waals surface area contributed by atoms with Crippen LogP contribution in [0.15, 0.2) is 46.9 Å². The summed E-state index contributed by atoms with van der Waals surface area (Å²) < 4.78 is 0.636. The number of thiocarbonyl (C=S) groups is 1. The van der Waals surface area contributed by atoms with E-state index in [4.69, 9.17) is 12.2 Å². The molecule has 0 spiro atoms. The van der Waals surface area contributed by atoms with E-state index in [0.29, 0.717) is 10.2 Å². The van der Waals surface area contributed by atoms with E-state index in [2.05, 4.69) is 32.1 Å². The predicted molar refractivity (Wildman–Crippen MR) is 95.7 cm³/mol. The summed E-state index contributed by atoms with van der Waals surface area (Å²) in [5, 5.41) is 23.1. The molecule has 0 unspecified atom stereocenters. The van der Waals surface area contributed by atoms with Gasteiger partial charge in [-0.15, -0.1) is 0 Å². The number of amides is 1. The molecule has 0 atom stereocenters. The largest absolute Gasteiger partial charge is 0.507 e. The molecule has 4 N–H and O–H groups in total. The Bertz CT molecular complexity index is 798. The van der Waals surface area contributed by atoms with Gasteiger partial charge in [-0.1, -0.05) is 15.9 Å². The first-order chi connectivity index (χ1) is 11.4. The van der Waals surface area contributed by atoms with Crippen LogP contribution >= 0.6 is 28.1 Å². The van der Waals surface area contributed by atoms with Gasteiger partial charge in [0.25, 0.3) is 11.6 Å². The van der Waals surface area contributed by atoms with E-state index in [0.717, 1.165) is 0 Å². The summed E-state index contributed by atoms with van der Waals surface area (Å²) in [6.45, 7) is 0. The monoisotopic (exact) mass is 410 g/mol. The molecular formula is C14H11BrN4O4S. The molecule has 1 amide bonds. The van der Waals surface area contributed by atoms with Crippen molar-refractivity contribution in [1.82, 2.24) is 10.9 Å². The normalized spacial score (nSPS) is 9.88. The van der Waals surface area contributed by atoms with Crippen LogP contribution in [0.25, 0.3) is 0 Å². The van der Waals surface area contributed by atoms with Gasteiger partial charge in [0.1, 0.15) is 5.75 Å². The molecule has 2 aromatic carbocycles. The van der Waals surface area contributed by atoms with Gasteiger partial charge in [0.2, 0.25) is 0 Å². The second-order valence-corrected chi connectivity index (χ2v) is 5.82. The number of nitro benzene ring substituents is 1. The minimum atomic E-state index is -0.582. The maximum absolute atomic E-state index is 12.0. The van der Waals surface area contributed by atoms with E-state index in [1.54, 1.807) is 6.07 Å². The average molecular weight is 411 g/mol. The van der Waals surface area contributed by atoms with Crippen LogP contribution in [0, 0.1) is 10.1 Å². The van der Waals surface area contributed by atoms with Crippen molar-refractivity contribution in [3.63, 3.8) is 0 Å². The maximum atomic E-state index is 12.0. The summed E-state index contributed by atoms with van der Waals surface area (Å²) in [4.78, 5) is 22.0. The van der Waals surface area contributed by atoms with Gasteiger partial charge in [-0.05, 0) is 42.5 Å². The number of phenols is 1. The number of nitrogens with one attached hydrogen (secondary N) is 3. The van der Waals surface area contributed by atoms with Crippen LogP contribution in [0.1, 0.15) is 10.4 Å². The minimum Gasteiger partial charge on any atom is -0.507 e. The number of hydrogen-bond acceptors (Lipinski definition) is 5. The number of carbonyl (C=O) groups excluding carboxylic acids is 1. The van der Waals surface area contributed by atoms with Crippen molar-refractivity contribution in [3.05, 3.63) is 62.6 Å². The molecular weight excluding hydrogens is 400 g/mol. The molecule has 24 heavy (non-hydrogen) atoms. The molecule has 0 aromatic heterocycles. The third-order valence-corrected chi connectivity index (χ3v) is 3.53. The number of nitro groups is 1. The Morgan fingerprint density at radius 2 is 1.83 bits per heavy atom. The topological polar surface area (TPSA) is 117 Å². The predicted octanol–water partition coefficient (Wildman–Crippen LogP) is 2.69. The molecule has 2 aromatic rings. The lowest BCUT2D eigenvalue weighted by molar-refractivity contribution is -0.384. The van der Waals surface area contributed by atoms with Crippen LogP contribution < -0.4 is 16.2 Å². The number of carbonyl (C=O) groups is 1. The molecule has 0 radical (unpaired) electrons. The lowest BCUT2D eigenvalue weighted by Crippen LogP contribution is -2.43. The highest BCUT2D eigenvalue weighted by molar-refractivity contribution is 9.10. The molecule has 0 aliphatic carbocycles. The fraction of sp³-hybridized carbons (Fsp3) is 0. The molecule has 10 heteroatoms. The second kappa shape index (κ2) is 7.70. The molecule has 0 saturated carbocycles. The Morgan fingerprint density at radius 1 is 1.17 bits per heavy atom. The highest BCUT2D eigenvalue weighted by Gasteiger charge is 2.12. The molecule has 0 fully saturated rings. The van der Waals surface area contributed by atoms with Gasteiger partial charge in [-0.25, -0.2) is 0 Å². The highest BCUT2D eigenvalue weighted by Crippen LogP contribution is 2.21. The van der Waals surface area contributed by atoms with Crippen LogP contribution in [0.5, 0.6) is 5.75 Å². The first-order valence-electron chi connectivity index (χ1n) is 6.47. The van der Waals surface area contributed by atoms with Gasteiger partial charge in [0, 0.05) is 22.3 Å². The number of nitrogens with zero attached hydrogens (tertiary/aromatic N) is 1. The second-order valence-electron chi connectivity index (χ2n) is 4.50. The van der Waals surface area contributed by atoms with E-state index in [1.165, 1.54) is 36.4 Å². The van der Waals surface area contributed by atoms with Crippen LogP contribution in [-0.4, -0.2) is 21.0 Å². The molecule has 0 saturated heterocycles. The summed E-state index contributed by atoms with van der Waals surface area (Å²) >= 11 is 8.21. The van der Waals surface area contributed by atoms with Crippen molar-refractivity contribution >= 4 is 50.5 Å². The molecule has 0 bridgehead atoms. The molecule has 2 rings (SSSR count). The number of anilines is 1. The van der Waals surface area contributed by atoms with E-state index >= 15 is 0 Å². The number of non-ortho nitro benzene ring substituents is 1. The Labute approximate surface area is 150 Å². The lowest BCUT2D eigenvalue weighted by atomic mass is 10.2. The highest BCUT2D eigenvalue weighted by atomic mass is 79.9. The fourth-order valence-electron chi connectivity index (χ4n) is 1.70. The van der Waals surface area contributed by atoms with Crippen LogP contribution in [0.2, 0.25) is 0 Å². The Hall–Kier alpha value is -2.72. The molecule has 0 aliphatic heterocycles. The van der Waals surface area contributed by atoms with Gasteiger partial charge >= 0.3 is 0 Å². The molecule has 124 valence electrons. The number of rotatable bonds is 3. The third-order valence-electron chi connectivity index (χ3n) is 2.83. The zero-order valence-electron chi connectivity index (χ0n) is 11.9. The van der Waals surface area contributed by atoms with Gasteiger partial charge in [0.15, 0.2) is 5.11 Å². The lowest BCUT2D eigenvalue weighted by Gasteiger charge is -2.12. The standard InChI is InChI=1S/C14H11BrN4O4S/c15-8-1-6-12(20)11(7-8)13(21)17-18-14(24)16-9-2-4-10(5-3-9)19(22)23/h1-7,20H,(H,17,21)(H2,16,18,24). The number of aromatic hydroxyl groups is 1. The van der Waals surface area contributed by atoms with Gasteiger partial charge in [0.05, 0.1) is 10.5 Å². The number of phenolic OH excluding ortho intramolecular Hbond substituents is 1. The van der Waals surface area contributed by atoms with Crippen molar-refractivity contribution in [3.8, 4) is 5.75 Å². The van der Waals surface area contributed by atoms with E-state index in [9.17, 15) is 20.0 Å². The van der Waals surface area contributed by atoms with Crippen LogP contribution in [0.3, 0.4) is 0 Å². The van der Waals surface area contributed by atoms with Crippen molar-refractivity contribution in [2.45, 2.75) is 0 Å². The summed E-state index contributed by atoms with van der Waals surface area (Å²) in [5.41, 5.74) is 5.34. The number of benzene rings is 2. The first kappa shape index (κ1) is 17.6. The van der Waals surface area contributed by atoms with Gasteiger partial charge in [-0.2, -0.15) is 0 Å². The summed E-state index contributed by atoms with van der Waals surface area (Å²) in [6.07, 6.45) is 0.